The summed E-state index contributed by atoms with van der Waals surface area (Å²) in [4.78, 5) is 7.64. The van der Waals surface area contributed by atoms with Crippen molar-refractivity contribution >= 4 is 28.1 Å². The van der Waals surface area contributed by atoms with Crippen molar-refractivity contribution in [2.75, 3.05) is 14.2 Å². The van der Waals surface area contributed by atoms with Crippen LogP contribution in [-0.4, -0.2) is 24.2 Å². The van der Waals surface area contributed by atoms with Crippen LogP contribution in [0.15, 0.2) is 28.7 Å². The van der Waals surface area contributed by atoms with Gasteiger partial charge in [0.2, 0.25) is 0 Å². The van der Waals surface area contributed by atoms with Crippen LogP contribution in [0.1, 0.15) is 17.1 Å². The van der Waals surface area contributed by atoms with E-state index in [0.717, 1.165) is 27.3 Å². The molecule has 1 N–H and O–H groups in total. The van der Waals surface area contributed by atoms with Crippen LogP contribution in [0.5, 0.6) is 5.75 Å². The molecule has 0 aliphatic carbocycles. The number of hydrogen-bond donors (Lipinski definition) is 1. The maximum atomic E-state index is 5.35. The van der Waals surface area contributed by atoms with E-state index in [-0.39, 0.29) is 0 Å². The van der Waals surface area contributed by atoms with Crippen LogP contribution in [0, 0.1) is 4.64 Å². The fraction of sp³-hybridized carbons (Fsp3) is 0.286. The first-order valence-electron chi connectivity index (χ1n) is 6.04. The average Bonchev–Trinajstić information content (AvgIpc) is 2.45. The molecule has 2 aromatic rings. The number of nitrogens with one attached hydrogen (secondary N) is 1. The highest BCUT2D eigenvalue weighted by molar-refractivity contribution is 9.10. The van der Waals surface area contributed by atoms with Gasteiger partial charge in [0, 0.05) is 19.1 Å². The first kappa shape index (κ1) is 15.2. The van der Waals surface area contributed by atoms with Gasteiger partial charge in [0.05, 0.1) is 23.9 Å². The van der Waals surface area contributed by atoms with E-state index < -0.39 is 0 Å². The number of benzene rings is 1. The van der Waals surface area contributed by atoms with Gasteiger partial charge in [-0.3, -0.25) is 0 Å². The van der Waals surface area contributed by atoms with Crippen molar-refractivity contribution in [1.29, 1.82) is 0 Å². The monoisotopic (exact) mass is 354 g/mol. The molecule has 2 rings (SSSR count). The van der Waals surface area contributed by atoms with E-state index in [0.29, 0.717) is 17.7 Å². The molecule has 0 spiro atoms. The third-order valence-corrected chi connectivity index (χ3v) is 4.24. The van der Waals surface area contributed by atoms with Gasteiger partial charge in [-0.25, -0.2) is 4.98 Å². The van der Waals surface area contributed by atoms with E-state index in [1.165, 1.54) is 0 Å². The SMILES string of the molecule is COCc1[nH]c(Cc2ccccc2OC)nc(=S)c1Br. The Morgan fingerprint density at radius 1 is 1.30 bits per heavy atom. The van der Waals surface area contributed by atoms with Crippen LogP contribution in [0.2, 0.25) is 0 Å². The summed E-state index contributed by atoms with van der Waals surface area (Å²) in [7, 11) is 3.30. The topological polar surface area (TPSA) is 47.1 Å². The minimum atomic E-state index is 0.450. The number of aromatic nitrogens is 2. The number of halogens is 1. The summed E-state index contributed by atoms with van der Waals surface area (Å²) in [5.74, 6) is 1.62. The van der Waals surface area contributed by atoms with E-state index in [2.05, 4.69) is 25.9 Å². The van der Waals surface area contributed by atoms with Crippen LogP contribution in [0.25, 0.3) is 0 Å². The van der Waals surface area contributed by atoms with Crippen molar-refractivity contribution in [3.63, 3.8) is 0 Å². The second-order valence-electron chi connectivity index (χ2n) is 4.20. The third-order valence-electron chi connectivity index (χ3n) is 2.82. The van der Waals surface area contributed by atoms with E-state index in [4.69, 9.17) is 21.7 Å². The first-order chi connectivity index (χ1) is 9.65. The summed E-state index contributed by atoms with van der Waals surface area (Å²) in [5.41, 5.74) is 1.94. The van der Waals surface area contributed by atoms with Gasteiger partial charge in [-0.2, -0.15) is 0 Å². The lowest BCUT2D eigenvalue weighted by molar-refractivity contribution is 0.180. The Bertz CT molecular complexity index is 658. The molecule has 0 unspecified atom stereocenters. The molecule has 4 nitrogen and oxygen atoms in total. The van der Waals surface area contributed by atoms with Gasteiger partial charge in [-0.1, -0.05) is 30.4 Å². The minimum absolute atomic E-state index is 0.450. The predicted octanol–water partition coefficient (Wildman–Crippen LogP) is 3.65. The highest BCUT2D eigenvalue weighted by Gasteiger charge is 2.09. The van der Waals surface area contributed by atoms with E-state index in [1.54, 1.807) is 14.2 Å². The standard InChI is InChI=1S/C14H15BrN2O2S/c1-18-8-10-13(15)14(20)17-12(16-10)7-9-5-3-4-6-11(9)19-2/h3-6H,7-8H2,1-2H3,(H,16,17,20). The molecule has 0 saturated carbocycles. The molecule has 0 fully saturated rings. The van der Waals surface area contributed by atoms with Crippen molar-refractivity contribution in [2.24, 2.45) is 0 Å². The zero-order chi connectivity index (χ0) is 14.5. The van der Waals surface area contributed by atoms with Crippen LogP contribution >= 0.6 is 28.1 Å². The van der Waals surface area contributed by atoms with Crippen molar-refractivity contribution in [1.82, 2.24) is 9.97 Å². The predicted molar refractivity (Wildman–Crippen MR) is 83.6 cm³/mol. The molecule has 0 aliphatic heterocycles. The molecular weight excluding hydrogens is 340 g/mol. The van der Waals surface area contributed by atoms with Gasteiger partial charge >= 0.3 is 0 Å². The summed E-state index contributed by atoms with van der Waals surface area (Å²) >= 11 is 8.68. The number of nitrogens with zero attached hydrogens (tertiary/aromatic N) is 1. The fourth-order valence-electron chi connectivity index (χ4n) is 1.91. The Morgan fingerprint density at radius 3 is 2.75 bits per heavy atom. The average molecular weight is 355 g/mol. The number of hydrogen-bond acceptors (Lipinski definition) is 4. The molecule has 0 radical (unpaired) electrons. The summed E-state index contributed by atoms with van der Waals surface area (Å²) < 4.78 is 11.8. The number of para-hydroxylation sites is 1. The third kappa shape index (κ3) is 3.45. The Balaban J connectivity index is 2.36. The van der Waals surface area contributed by atoms with Crippen LogP contribution in [-0.2, 0) is 17.8 Å². The molecular formula is C14H15BrN2O2S. The minimum Gasteiger partial charge on any atom is -0.496 e. The molecule has 106 valence electrons. The highest BCUT2D eigenvalue weighted by atomic mass is 79.9. The second kappa shape index (κ2) is 6.97. The Morgan fingerprint density at radius 2 is 2.05 bits per heavy atom. The van der Waals surface area contributed by atoms with Gasteiger partial charge in [-0.05, 0) is 22.0 Å². The lowest BCUT2D eigenvalue weighted by atomic mass is 10.1. The molecule has 1 aromatic heterocycles. The molecule has 0 aliphatic rings. The summed E-state index contributed by atoms with van der Waals surface area (Å²) in [6.07, 6.45) is 0.623. The van der Waals surface area contributed by atoms with Crippen molar-refractivity contribution < 1.29 is 9.47 Å². The Labute approximate surface area is 131 Å². The van der Waals surface area contributed by atoms with Gasteiger partial charge < -0.3 is 14.5 Å². The molecule has 0 atom stereocenters. The van der Waals surface area contributed by atoms with Gasteiger partial charge in [0.15, 0.2) is 0 Å². The number of aromatic amines is 1. The van der Waals surface area contributed by atoms with Crippen molar-refractivity contribution in [3.05, 3.63) is 50.5 Å². The highest BCUT2D eigenvalue weighted by Crippen LogP contribution is 2.22. The van der Waals surface area contributed by atoms with Gasteiger partial charge in [-0.15, -0.1) is 0 Å². The van der Waals surface area contributed by atoms with E-state index >= 15 is 0 Å². The Kier molecular flexibility index (Phi) is 5.28. The lowest BCUT2D eigenvalue weighted by Gasteiger charge is -2.10. The second-order valence-corrected chi connectivity index (χ2v) is 5.38. The van der Waals surface area contributed by atoms with Crippen LogP contribution < -0.4 is 4.74 Å². The quantitative estimate of drug-likeness (QED) is 0.832. The molecule has 1 aromatic carbocycles. The van der Waals surface area contributed by atoms with Crippen molar-refractivity contribution in [2.45, 2.75) is 13.0 Å². The largest absolute Gasteiger partial charge is 0.496 e. The van der Waals surface area contributed by atoms with E-state index in [9.17, 15) is 0 Å². The number of methoxy groups -OCH3 is 2. The zero-order valence-electron chi connectivity index (χ0n) is 11.3. The first-order valence-corrected chi connectivity index (χ1v) is 7.24. The summed E-state index contributed by atoms with van der Waals surface area (Å²) in [6.45, 7) is 0.450. The molecule has 0 amide bonds. The summed E-state index contributed by atoms with van der Waals surface area (Å²) in [6, 6.07) is 7.85. The van der Waals surface area contributed by atoms with Gasteiger partial charge in [0.25, 0.3) is 0 Å². The number of ether oxygens (including phenoxy) is 2. The lowest BCUT2D eigenvalue weighted by Crippen LogP contribution is -2.04. The molecule has 0 bridgehead atoms. The molecule has 1 heterocycles. The number of H-pyrrole nitrogens is 1. The smallest absolute Gasteiger partial charge is 0.144 e. The zero-order valence-corrected chi connectivity index (χ0v) is 13.7. The maximum Gasteiger partial charge on any atom is 0.144 e. The van der Waals surface area contributed by atoms with Crippen molar-refractivity contribution in [3.8, 4) is 5.75 Å². The van der Waals surface area contributed by atoms with Crippen LogP contribution in [0.4, 0.5) is 0 Å². The maximum absolute atomic E-state index is 5.35. The van der Waals surface area contributed by atoms with Gasteiger partial charge in [0.1, 0.15) is 16.2 Å². The number of rotatable bonds is 5. The van der Waals surface area contributed by atoms with Crippen LogP contribution in [0.3, 0.4) is 0 Å². The van der Waals surface area contributed by atoms with E-state index in [1.807, 2.05) is 24.3 Å². The molecule has 6 heteroatoms. The molecule has 20 heavy (non-hydrogen) atoms. The fourth-order valence-corrected chi connectivity index (χ4v) is 2.45. The normalized spacial score (nSPS) is 10.6. The Hall–Kier alpha value is -1.24. The summed E-state index contributed by atoms with van der Waals surface area (Å²) in [5, 5.41) is 0. The molecule has 0 saturated heterocycles.